The summed E-state index contributed by atoms with van der Waals surface area (Å²) >= 11 is 0. The van der Waals surface area contributed by atoms with Crippen LogP contribution in [0.15, 0.2) is 108 Å². The van der Waals surface area contributed by atoms with E-state index in [4.69, 9.17) is 9.72 Å². The summed E-state index contributed by atoms with van der Waals surface area (Å²) in [5.41, 5.74) is 11.2. The molecule has 0 fully saturated rings. The number of carbonyl (C=O) groups excluding carboxylic acids is 1. The van der Waals surface area contributed by atoms with Crippen molar-refractivity contribution < 1.29 is 9.53 Å². The third kappa shape index (κ3) is 5.20. The second kappa shape index (κ2) is 11.1. The number of aryl methyl sites for hydroxylation is 1. The first kappa shape index (κ1) is 26.0. The van der Waals surface area contributed by atoms with Crippen molar-refractivity contribution in [3.63, 3.8) is 0 Å². The number of amides is 1. The second-order valence-corrected chi connectivity index (χ2v) is 10.1. The lowest BCUT2D eigenvalue weighted by Gasteiger charge is -2.09. The number of fused-ring (bicyclic) bond motifs is 2. The van der Waals surface area contributed by atoms with Crippen LogP contribution in [0, 0.1) is 13.8 Å². The Bertz CT molecular complexity index is 1910. The molecule has 41 heavy (non-hydrogen) atoms. The van der Waals surface area contributed by atoms with Crippen molar-refractivity contribution in [2.45, 2.75) is 20.4 Å². The lowest BCUT2D eigenvalue weighted by molar-refractivity contribution is 0.0956. The number of hydrazone groups is 1. The fourth-order valence-corrected chi connectivity index (χ4v) is 5.24. The van der Waals surface area contributed by atoms with Gasteiger partial charge in [-0.25, -0.2) is 10.4 Å². The van der Waals surface area contributed by atoms with E-state index in [0.717, 1.165) is 50.9 Å². The molecule has 0 aliphatic heterocycles. The van der Waals surface area contributed by atoms with Crippen LogP contribution in [0.2, 0.25) is 0 Å². The van der Waals surface area contributed by atoms with Crippen LogP contribution in [0.5, 0.6) is 5.75 Å². The first-order valence-electron chi connectivity index (χ1n) is 13.5. The van der Waals surface area contributed by atoms with Gasteiger partial charge in [-0.15, -0.1) is 0 Å². The number of rotatable bonds is 7. The van der Waals surface area contributed by atoms with Gasteiger partial charge in [0, 0.05) is 39.7 Å². The molecule has 6 nitrogen and oxygen atoms in total. The number of aromatic nitrogens is 2. The van der Waals surface area contributed by atoms with Crippen molar-refractivity contribution in [1.29, 1.82) is 0 Å². The van der Waals surface area contributed by atoms with Gasteiger partial charge in [0.15, 0.2) is 0 Å². The van der Waals surface area contributed by atoms with Crippen LogP contribution < -0.4 is 10.2 Å². The highest BCUT2D eigenvalue weighted by molar-refractivity contribution is 6.08. The van der Waals surface area contributed by atoms with Crippen LogP contribution in [-0.4, -0.2) is 28.8 Å². The maximum absolute atomic E-state index is 13.5. The van der Waals surface area contributed by atoms with Gasteiger partial charge < -0.3 is 9.30 Å². The SMILES string of the molecule is COc1ccc(-c2cc(C(=O)N/N=C/c3c(C)n(Cc4ccccc4)c4ccc(C)cc34)c3ccccc3n2)cc1. The molecule has 2 heterocycles. The maximum atomic E-state index is 13.5. The normalized spacial score (nSPS) is 11.4. The van der Waals surface area contributed by atoms with Crippen LogP contribution in [-0.2, 0) is 6.54 Å². The first-order chi connectivity index (χ1) is 20.0. The van der Waals surface area contributed by atoms with Crippen molar-refractivity contribution in [3.05, 3.63) is 131 Å². The summed E-state index contributed by atoms with van der Waals surface area (Å²) in [5, 5.41) is 6.31. The van der Waals surface area contributed by atoms with E-state index >= 15 is 0 Å². The average Bonchev–Trinajstić information content (AvgIpc) is 3.26. The number of nitrogens with zero attached hydrogens (tertiary/aromatic N) is 3. The molecule has 1 N–H and O–H groups in total. The molecule has 0 radical (unpaired) electrons. The molecular formula is C35H30N4O2. The zero-order valence-electron chi connectivity index (χ0n) is 23.3. The van der Waals surface area contributed by atoms with E-state index in [9.17, 15) is 4.79 Å². The molecule has 0 spiro atoms. The molecule has 0 unspecified atom stereocenters. The molecular weight excluding hydrogens is 508 g/mol. The molecule has 1 amide bonds. The van der Waals surface area contributed by atoms with Crippen LogP contribution in [0.25, 0.3) is 33.1 Å². The Labute approximate surface area is 238 Å². The van der Waals surface area contributed by atoms with E-state index < -0.39 is 0 Å². The van der Waals surface area contributed by atoms with E-state index in [2.05, 4.69) is 71.4 Å². The number of methoxy groups -OCH3 is 1. The van der Waals surface area contributed by atoms with Gasteiger partial charge in [-0.1, -0.05) is 60.2 Å². The number of hydrogen-bond donors (Lipinski definition) is 1. The lowest BCUT2D eigenvalue weighted by atomic mass is 10.0. The van der Waals surface area contributed by atoms with E-state index in [1.54, 1.807) is 13.3 Å². The van der Waals surface area contributed by atoms with Crippen LogP contribution in [0.4, 0.5) is 0 Å². The van der Waals surface area contributed by atoms with E-state index in [0.29, 0.717) is 11.3 Å². The smallest absolute Gasteiger partial charge is 0.272 e. The fourth-order valence-electron chi connectivity index (χ4n) is 5.24. The minimum absolute atomic E-state index is 0.295. The number of nitrogens with one attached hydrogen (secondary N) is 1. The summed E-state index contributed by atoms with van der Waals surface area (Å²) in [7, 11) is 1.63. The quantitative estimate of drug-likeness (QED) is 0.171. The van der Waals surface area contributed by atoms with Crippen molar-refractivity contribution in [2.75, 3.05) is 7.11 Å². The molecule has 6 aromatic rings. The summed E-state index contributed by atoms with van der Waals surface area (Å²) in [5.74, 6) is 0.467. The largest absolute Gasteiger partial charge is 0.497 e. The predicted octanol–water partition coefficient (Wildman–Crippen LogP) is 7.29. The van der Waals surface area contributed by atoms with Crippen LogP contribution >= 0.6 is 0 Å². The first-order valence-corrected chi connectivity index (χ1v) is 13.5. The third-order valence-electron chi connectivity index (χ3n) is 7.42. The highest BCUT2D eigenvalue weighted by Gasteiger charge is 2.16. The van der Waals surface area contributed by atoms with Crippen molar-refractivity contribution in [2.24, 2.45) is 5.10 Å². The number of hydrogen-bond acceptors (Lipinski definition) is 4. The summed E-state index contributed by atoms with van der Waals surface area (Å²) in [6.45, 7) is 4.93. The van der Waals surface area contributed by atoms with Crippen molar-refractivity contribution in [3.8, 4) is 17.0 Å². The molecule has 0 saturated heterocycles. The monoisotopic (exact) mass is 538 g/mol. The van der Waals surface area contributed by atoms with Gasteiger partial charge in [-0.3, -0.25) is 4.79 Å². The fraction of sp³-hybridized carbons (Fsp3) is 0.114. The van der Waals surface area contributed by atoms with Gasteiger partial charge >= 0.3 is 0 Å². The third-order valence-corrected chi connectivity index (χ3v) is 7.42. The van der Waals surface area contributed by atoms with E-state index in [1.165, 1.54) is 11.1 Å². The zero-order chi connectivity index (χ0) is 28.3. The Balaban J connectivity index is 1.33. The molecule has 0 aliphatic carbocycles. The number of ether oxygens (including phenoxy) is 1. The van der Waals surface area contributed by atoms with Gasteiger partial charge in [0.1, 0.15) is 5.75 Å². The number of para-hydroxylation sites is 1. The van der Waals surface area contributed by atoms with Crippen LogP contribution in [0.3, 0.4) is 0 Å². The standard InChI is InChI=1S/C35H30N4O2/c1-23-13-18-34-29(19-23)31(24(2)39(34)22-25-9-5-4-6-10-25)21-36-38-35(40)30-20-33(26-14-16-27(41-3)17-15-26)37-32-12-8-7-11-28(30)32/h4-21H,22H2,1-3H3,(H,38,40)/b36-21+. The molecule has 202 valence electrons. The predicted molar refractivity (Wildman–Crippen MR) is 166 cm³/mol. The van der Waals surface area contributed by atoms with Crippen molar-refractivity contribution in [1.82, 2.24) is 15.0 Å². The highest BCUT2D eigenvalue weighted by Crippen LogP contribution is 2.28. The van der Waals surface area contributed by atoms with Crippen LogP contribution in [0.1, 0.15) is 32.7 Å². The Morgan fingerprint density at radius 2 is 1.66 bits per heavy atom. The summed E-state index contributed by atoms with van der Waals surface area (Å²) in [4.78, 5) is 18.3. The number of benzene rings is 4. The Morgan fingerprint density at radius 3 is 2.44 bits per heavy atom. The molecule has 6 rings (SSSR count). The minimum atomic E-state index is -0.295. The minimum Gasteiger partial charge on any atom is -0.497 e. The van der Waals surface area contributed by atoms with Gasteiger partial charge in [-0.2, -0.15) is 5.10 Å². The average molecular weight is 539 g/mol. The van der Waals surface area contributed by atoms with E-state index in [1.807, 2.05) is 60.7 Å². The molecule has 0 atom stereocenters. The zero-order valence-corrected chi connectivity index (χ0v) is 23.3. The second-order valence-electron chi connectivity index (χ2n) is 10.1. The van der Waals surface area contributed by atoms with Crippen molar-refractivity contribution >= 4 is 33.9 Å². The molecule has 0 saturated carbocycles. The lowest BCUT2D eigenvalue weighted by Crippen LogP contribution is -2.18. The molecule has 2 aromatic heterocycles. The Morgan fingerprint density at radius 1 is 0.902 bits per heavy atom. The summed E-state index contributed by atoms with van der Waals surface area (Å²) in [6, 6.07) is 34.0. The van der Waals surface area contributed by atoms with E-state index in [-0.39, 0.29) is 5.91 Å². The topological polar surface area (TPSA) is 68.5 Å². The summed E-state index contributed by atoms with van der Waals surface area (Å²) in [6.07, 6.45) is 1.75. The number of pyridine rings is 1. The van der Waals surface area contributed by atoms with Gasteiger partial charge in [0.2, 0.25) is 0 Å². The Hall–Kier alpha value is -5.23. The summed E-state index contributed by atoms with van der Waals surface area (Å²) < 4.78 is 7.59. The Kier molecular flexibility index (Phi) is 7.04. The molecule has 4 aromatic carbocycles. The van der Waals surface area contributed by atoms with Gasteiger partial charge in [-0.05, 0) is 67.9 Å². The van der Waals surface area contributed by atoms with Gasteiger partial charge in [0.05, 0.1) is 30.1 Å². The highest BCUT2D eigenvalue weighted by atomic mass is 16.5. The molecule has 6 heteroatoms. The molecule has 0 aliphatic rings. The van der Waals surface area contributed by atoms with Gasteiger partial charge in [0.25, 0.3) is 5.91 Å². The maximum Gasteiger partial charge on any atom is 0.272 e. The number of carbonyl (C=O) groups is 1. The molecule has 0 bridgehead atoms.